The minimum Gasteiger partial charge on any atom is -0.322 e. The Morgan fingerprint density at radius 2 is 1.42 bits per heavy atom. The highest BCUT2D eigenvalue weighted by Gasteiger charge is 2.76. The first-order valence-corrected chi connectivity index (χ1v) is 10.3. The molecule has 0 aromatic heterocycles. The topological polar surface area (TPSA) is 3.01 Å². The highest BCUT2D eigenvalue weighted by Crippen LogP contribution is 2.72. The third kappa shape index (κ3) is 2.26. The Kier molecular flexibility index (Phi) is 3.79. The third-order valence-electron chi connectivity index (χ3n) is 5.39. The van der Waals surface area contributed by atoms with Gasteiger partial charge in [-0.05, 0) is 29.7 Å². The van der Waals surface area contributed by atoms with E-state index in [9.17, 15) is 0 Å². The summed E-state index contributed by atoms with van der Waals surface area (Å²) in [4.78, 5) is 3.41. The predicted octanol–water partition coefficient (Wildman–Crippen LogP) is 6.77. The second-order valence-electron chi connectivity index (χ2n) is 6.79. The number of thioether (sulfide) groups is 1. The Bertz CT molecular complexity index is 945. The number of benzene rings is 3. The Morgan fingerprint density at radius 1 is 0.808 bits per heavy atom. The van der Waals surface area contributed by atoms with Gasteiger partial charge in [0.15, 0.2) is 0 Å². The van der Waals surface area contributed by atoms with Crippen molar-refractivity contribution in [3.8, 4) is 0 Å². The predicted molar refractivity (Wildman–Crippen MR) is 111 cm³/mol. The van der Waals surface area contributed by atoms with Crippen LogP contribution in [0.1, 0.15) is 22.8 Å². The van der Waals surface area contributed by atoms with Crippen LogP contribution in [0.5, 0.6) is 0 Å². The van der Waals surface area contributed by atoms with Crippen molar-refractivity contribution in [1.82, 2.24) is 0 Å². The summed E-state index contributed by atoms with van der Waals surface area (Å²) in [7, 11) is 0. The Labute approximate surface area is 167 Å². The molecule has 0 amide bonds. The van der Waals surface area contributed by atoms with E-state index >= 15 is 0 Å². The zero-order valence-electron chi connectivity index (χ0n) is 14.0. The van der Waals surface area contributed by atoms with Gasteiger partial charge in [0.05, 0.1) is 5.69 Å². The average Bonchev–Trinajstić information content (AvgIpc) is 3.24. The lowest BCUT2D eigenvalue weighted by molar-refractivity contribution is 0.605. The van der Waals surface area contributed by atoms with E-state index in [1.54, 1.807) is 0 Å². The lowest BCUT2D eigenvalue weighted by atomic mass is 9.91. The standard InChI is InChI=1S/C22H17Cl2NS/c23-22(24)21(17-11-5-2-6-12-17)15-20(16-9-3-1-4-10-16)26-19-14-8-7-13-18(19)25(21)22/h1-14,20H,15H2/t20-,21-,25?/m1/s1. The number of fused-ring (bicyclic) bond motifs is 3. The molecule has 3 aromatic carbocycles. The van der Waals surface area contributed by atoms with Gasteiger partial charge < -0.3 is 4.90 Å². The minimum absolute atomic E-state index is 0.280. The summed E-state index contributed by atoms with van der Waals surface area (Å²) in [5.74, 6) is 0. The molecule has 0 saturated carbocycles. The first-order chi connectivity index (χ1) is 12.6. The highest BCUT2D eigenvalue weighted by atomic mass is 35.5. The summed E-state index contributed by atoms with van der Waals surface area (Å²) in [6.07, 6.45) is 0.855. The average molecular weight is 398 g/mol. The monoisotopic (exact) mass is 397 g/mol. The smallest absolute Gasteiger partial charge is 0.219 e. The van der Waals surface area contributed by atoms with E-state index in [4.69, 9.17) is 23.2 Å². The normalized spacial score (nSPS) is 25.8. The summed E-state index contributed by atoms with van der Waals surface area (Å²) in [6.45, 7) is 0. The lowest BCUT2D eigenvalue weighted by Gasteiger charge is -2.22. The van der Waals surface area contributed by atoms with Gasteiger partial charge in [-0.3, -0.25) is 0 Å². The van der Waals surface area contributed by atoms with Crippen molar-refractivity contribution >= 4 is 40.7 Å². The van der Waals surface area contributed by atoms with E-state index in [1.807, 2.05) is 17.8 Å². The third-order valence-corrected chi connectivity index (χ3v) is 7.67. The molecular formula is C22H17Cl2NS. The summed E-state index contributed by atoms with van der Waals surface area (Å²) >= 11 is 15.8. The molecule has 0 N–H and O–H groups in total. The van der Waals surface area contributed by atoms with E-state index in [1.165, 1.54) is 16.0 Å². The van der Waals surface area contributed by atoms with Crippen LogP contribution in [0.3, 0.4) is 0 Å². The summed E-state index contributed by atoms with van der Waals surface area (Å²) in [5, 5.41) is 0.280. The van der Waals surface area contributed by atoms with Crippen molar-refractivity contribution in [3.05, 3.63) is 96.1 Å². The molecule has 1 saturated heterocycles. The molecule has 1 fully saturated rings. The van der Waals surface area contributed by atoms with Crippen LogP contribution in [0.2, 0.25) is 0 Å². The zero-order chi connectivity index (χ0) is 17.8. The molecule has 0 bridgehead atoms. The molecular weight excluding hydrogens is 381 g/mol. The number of para-hydroxylation sites is 1. The van der Waals surface area contributed by atoms with Crippen LogP contribution in [0.4, 0.5) is 5.69 Å². The lowest BCUT2D eigenvalue weighted by Crippen LogP contribution is -2.19. The first kappa shape index (κ1) is 16.6. The van der Waals surface area contributed by atoms with Crippen LogP contribution in [0, 0.1) is 0 Å². The molecule has 2 atom stereocenters. The number of rotatable bonds is 2. The van der Waals surface area contributed by atoms with Gasteiger partial charge in [0.1, 0.15) is 5.54 Å². The van der Waals surface area contributed by atoms with Gasteiger partial charge in [-0.2, -0.15) is 0 Å². The first-order valence-electron chi connectivity index (χ1n) is 8.69. The molecule has 1 nitrogen and oxygen atoms in total. The number of hydrogen-bond donors (Lipinski definition) is 0. The fourth-order valence-corrected chi connectivity index (χ4v) is 6.40. The van der Waals surface area contributed by atoms with Crippen LogP contribution in [0.25, 0.3) is 0 Å². The van der Waals surface area contributed by atoms with E-state index in [-0.39, 0.29) is 5.25 Å². The Hall–Kier alpha value is -1.61. The fourth-order valence-electron chi connectivity index (χ4n) is 4.11. The summed E-state index contributed by atoms with van der Waals surface area (Å²) in [5.41, 5.74) is 3.17. The quantitative estimate of drug-likeness (QED) is 0.266. The molecule has 0 radical (unpaired) electrons. The van der Waals surface area contributed by atoms with Crippen LogP contribution in [0.15, 0.2) is 89.8 Å². The maximum Gasteiger partial charge on any atom is 0.219 e. The van der Waals surface area contributed by atoms with Crippen molar-refractivity contribution in [2.75, 3.05) is 4.90 Å². The van der Waals surface area contributed by atoms with Crippen molar-refractivity contribution in [2.45, 2.75) is 26.6 Å². The van der Waals surface area contributed by atoms with Crippen LogP contribution < -0.4 is 4.90 Å². The molecule has 0 aliphatic carbocycles. The van der Waals surface area contributed by atoms with Gasteiger partial charge in [0, 0.05) is 10.1 Å². The maximum atomic E-state index is 6.94. The molecule has 3 aromatic rings. The molecule has 4 heteroatoms. The Balaban J connectivity index is 1.71. The molecule has 0 unspecified atom stereocenters. The van der Waals surface area contributed by atoms with Gasteiger partial charge in [0.25, 0.3) is 0 Å². The summed E-state index contributed by atoms with van der Waals surface area (Å²) in [6, 6.07) is 29.5. The number of nitrogens with zero attached hydrogens (tertiary/aromatic N) is 1. The van der Waals surface area contributed by atoms with Crippen molar-refractivity contribution in [2.24, 2.45) is 0 Å². The molecule has 2 aliphatic rings. The number of alkyl halides is 2. The maximum absolute atomic E-state index is 6.94. The highest BCUT2D eigenvalue weighted by molar-refractivity contribution is 7.99. The second kappa shape index (κ2) is 5.95. The Morgan fingerprint density at radius 3 is 2.15 bits per heavy atom. The van der Waals surface area contributed by atoms with E-state index in [0.29, 0.717) is 0 Å². The second-order valence-corrected chi connectivity index (χ2v) is 9.32. The van der Waals surface area contributed by atoms with Crippen molar-refractivity contribution < 1.29 is 0 Å². The van der Waals surface area contributed by atoms with Crippen LogP contribution >= 0.6 is 35.0 Å². The molecule has 2 heterocycles. The van der Waals surface area contributed by atoms with Gasteiger partial charge in [0.2, 0.25) is 4.46 Å². The fraction of sp³-hybridized carbons (Fsp3) is 0.182. The SMILES string of the molecule is ClC1(Cl)N2c3ccccc3S[C@@H](c3ccccc3)C[C@]21c1ccccc1. The van der Waals surface area contributed by atoms with E-state index in [2.05, 4.69) is 83.8 Å². The largest absolute Gasteiger partial charge is 0.322 e. The van der Waals surface area contributed by atoms with Gasteiger partial charge in [-0.1, -0.05) is 96.0 Å². The van der Waals surface area contributed by atoms with E-state index < -0.39 is 10.00 Å². The van der Waals surface area contributed by atoms with Gasteiger partial charge >= 0.3 is 0 Å². The minimum atomic E-state index is -0.946. The van der Waals surface area contributed by atoms with Crippen molar-refractivity contribution in [1.29, 1.82) is 0 Å². The molecule has 2 aliphatic heterocycles. The molecule has 5 rings (SSSR count). The molecule has 26 heavy (non-hydrogen) atoms. The van der Waals surface area contributed by atoms with Gasteiger partial charge in [-0.25, -0.2) is 0 Å². The van der Waals surface area contributed by atoms with E-state index in [0.717, 1.165) is 12.1 Å². The zero-order valence-corrected chi connectivity index (χ0v) is 16.3. The van der Waals surface area contributed by atoms with Crippen LogP contribution in [-0.2, 0) is 5.54 Å². The van der Waals surface area contributed by atoms with Gasteiger partial charge in [-0.15, -0.1) is 11.8 Å². The molecule has 130 valence electrons. The number of hydrogen-bond acceptors (Lipinski definition) is 2. The van der Waals surface area contributed by atoms with Crippen molar-refractivity contribution in [3.63, 3.8) is 0 Å². The van der Waals surface area contributed by atoms with Crippen LogP contribution in [-0.4, -0.2) is 4.46 Å². The number of anilines is 1. The number of halogens is 2. The molecule has 0 spiro atoms. The summed E-state index contributed by atoms with van der Waals surface area (Å²) < 4.78 is -0.946.